The van der Waals surface area contributed by atoms with Gasteiger partial charge in [-0.2, -0.15) is 0 Å². The number of benzene rings is 1. The highest BCUT2D eigenvalue weighted by atomic mass is 15.1. The third-order valence-corrected chi connectivity index (χ3v) is 4.30. The van der Waals surface area contributed by atoms with E-state index in [-0.39, 0.29) is 0 Å². The first-order chi connectivity index (χ1) is 9.20. The molecule has 1 fully saturated rings. The summed E-state index contributed by atoms with van der Waals surface area (Å²) in [5.41, 5.74) is 3.62. The Balaban J connectivity index is 1.99. The van der Waals surface area contributed by atoms with Gasteiger partial charge in [0.2, 0.25) is 0 Å². The van der Waals surface area contributed by atoms with E-state index in [0.717, 1.165) is 17.9 Å². The Hall–Kier alpha value is -1.39. The SMILES string of the molecule is CNC(c1ccc2c(c1)nc(C)n2C)C1CCCN1. The molecule has 19 heavy (non-hydrogen) atoms. The second-order valence-corrected chi connectivity index (χ2v) is 5.44. The summed E-state index contributed by atoms with van der Waals surface area (Å²) in [7, 11) is 4.11. The van der Waals surface area contributed by atoms with Crippen LogP contribution < -0.4 is 10.6 Å². The first-order valence-corrected chi connectivity index (χ1v) is 7.04. The van der Waals surface area contributed by atoms with Crippen molar-refractivity contribution in [1.82, 2.24) is 20.2 Å². The monoisotopic (exact) mass is 258 g/mol. The second-order valence-electron chi connectivity index (χ2n) is 5.44. The standard InChI is InChI=1S/C15H22N4/c1-10-18-13-9-11(6-7-14(13)19(10)3)15(16-2)12-5-4-8-17-12/h6-7,9,12,15-17H,4-5,8H2,1-3H3. The second kappa shape index (κ2) is 4.94. The maximum Gasteiger partial charge on any atom is 0.106 e. The van der Waals surface area contributed by atoms with Gasteiger partial charge >= 0.3 is 0 Å². The number of nitrogens with zero attached hydrogens (tertiary/aromatic N) is 2. The van der Waals surface area contributed by atoms with Gasteiger partial charge in [-0.15, -0.1) is 0 Å². The minimum Gasteiger partial charge on any atom is -0.331 e. The van der Waals surface area contributed by atoms with Crippen molar-refractivity contribution >= 4 is 11.0 Å². The van der Waals surface area contributed by atoms with Crippen molar-refractivity contribution < 1.29 is 0 Å². The molecule has 2 aromatic rings. The van der Waals surface area contributed by atoms with Crippen LogP contribution in [-0.2, 0) is 7.05 Å². The zero-order valence-electron chi connectivity index (χ0n) is 11.9. The van der Waals surface area contributed by atoms with E-state index < -0.39 is 0 Å². The van der Waals surface area contributed by atoms with Crippen LogP contribution >= 0.6 is 0 Å². The lowest BCUT2D eigenvalue weighted by atomic mass is 9.98. The number of hydrogen-bond acceptors (Lipinski definition) is 3. The van der Waals surface area contributed by atoms with Gasteiger partial charge < -0.3 is 15.2 Å². The van der Waals surface area contributed by atoms with Gasteiger partial charge in [-0.25, -0.2) is 4.98 Å². The summed E-state index contributed by atoms with van der Waals surface area (Å²) in [4.78, 5) is 4.63. The molecular weight excluding hydrogens is 236 g/mol. The molecule has 1 aromatic heterocycles. The predicted octanol–water partition coefficient (Wildman–Crippen LogP) is 1.89. The minimum absolute atomic E-state index is 0.370. The van der Waals surface area contributed by atoms with Crippen LogP contribution in [0.2, 0.25) is 0 Å². The lowest BCUT2D eigenvalue weighted by molar-refractivity contribution is 0.441. The first kappa shape index (κ1) is 12.6. The summed E-state index contributed by atoms with van der Waals surface area (Å²) in [5, 5.41) is 7.03. The topological polar surface area (TPSA) is 41.9 Å². The number of likely N-dealkylation sites (N-methyl/N-ethyl adjacent to an activating group) is 1. The molecule has 0 bridgehead atoms. The van der Waals surface area contributed by atoms with Crippen LogP contribution in [0.25, 0.3) is 11.0 Å². The molecule has 2 N–H and O–H groups in total. The first-order valence-electron chi connectivity index (χ1n) is 7.04. The van der Waals surface area contributed by atoms with Gasteiger partial charge in [0.25, 0.3) is 0 Å². The van der Waals surface area contributed by atoms with Crippen LogP contribution in [-0.4, -0.2) is 29.2 Å². The van der Waals surface area contributed by atoms with E-state index >= 15 is 0 Å². The molecule has 4 heteroatoms. The number of aryl methyl sites for hydroxylation is 2. The van der Waals surface area contributed by atoms with Crippen molar-refractivity contribution in [2.45, 2.75) is 31.8 Å². The quantitative estimate of drug-likeness (QED) is 0.883. The van der Waals surface area contributed by atoms with Crippen LogP contribution in [0, 0.1) is 6.92 Å². The molecule has 0 saturated carbocycles. The predicted molar refractivity (Wildman–Crippen MR) is 78.3 cm³/mol. The highest BCUT2D eigenvalue weighted by Crippen LogP contribution is 2.26. The van der Waals surface area contributed by atoms with Gasteiger partial charge in [-0.3, -0.25) is 0 Å². The fraction of sp³-hybridized carbons (Fsp3) is 0.533. The zero-order chi connectivity index (χ0) is 13.4. The van der Waals surface area contributed by atoms with Gasteiger partial charge in [-0.05, 0) is 51.1 Å². The third-order valence-electron chi connectivity index (χ3n) is 4.30. The molecule has 1 aliphatic heterocycles. The van der Waals surface area contributed by atoms with Gasteiger partial charge in [0, 0.05) is 19.1 Å². The smallest absolute Gasteiger partial charge is 0.106 e. The largest absolute Gasteiger partial charge is 0.331 e. The molecule has 2 heterocycles. The van der Waals surface area contributed by atoms with E-state index in [0.29, 0.717) is 12.1 Å². The van der Waals surface area contributed by atoms with Crippen molar-refractivity contribution in [2.75, 3.05) is 13.6 Å². The van der Waals surface area contributed by atoms with Crippen molar-refractivity contribution in [3.05, 3.63) is 29.6 Å². The maximum atomic E-state index is 4.63. The molecule has 0 aliphatic carbocycles. The van der Waals surface area contributed by atoms with Crippen LogP contribution in [0.1, 0.15) is 30.3 Å². The van der Waals surface area contributed by atoms with E-state index in [2.05, 4.69) is 45.4 Å². The summed E-state index contributed by atoms with van der Waals surface area (Å²) in [6.45, 7) is 3.18. The Morgan fingerprint density at radius 1 is 1.47 bits per heavy atom. The van der Waals surface area contributed by atoms with Crippen LogP contribution in [0.15, 0.2) is 18.2 Å². The van der Waals surface area contributed by atoms with Gasteiger partial charge in [0.05, 0.1) is 11.0 Å². The summed E-state index contributed by atoms with van der Waals surface area (Å²) >= 11 is 0. The summed E-state index contributed by atoms with van der Waals surface area (Å²) in [6, 6.07) is 7.54. The molecule has 2 atom stereocenters. The van der Waals surface area contributed by atoms with E-state index in [1.54, 1.807) is 0 Å². The molecule has 1 saturated heterocycles. The number of aromatic nitrogens is 2. The summed E-state index contributed by atoms with van der Waals surface area (Å²) in [6.07, 6.45) is 2.51. The zero-order valence-corrected chi connectivity index (χ0v) is 11.9. The fourth-order valence-corrected chi connectivity index (χ4v) is 3.13. The molecule has 1 aliphatic rings. The Kier molecular flexibility index (Phi) is 3.29. The lowest BCUT2D eigenvalue weighted by Crippen LogP contribution is -2.36. The van der Waals surface area contributed by atoms with Gasteiger partial charge in [0.15, 0.2) is 0 Å². The van der Waals surface area contributed by atoms with Crippen molar-refractivity contribution in [3.8, 4) is 0 Å². The van der Waals surface area contributed by atoms with E-state index in [1.165, 1.54) is 23.9 Å². The third kappa shape index (κ3) is 2.15. The number of fused-ring (bicyclic) bond motifs is 1. The molecule has 3 rings (SSSR count). The van der Waals surface area contributed by atoms with Crippen LogP contribution in [0.4, 0.5) is 0 Å². The number of nitrogens with one attached hydrogen (secondary N) is 2. The molecule has 0 spiro atoms. The molecule has 0 amide bonds. The average molecular weight is 258 g/mol. The Morgan fingerprint density at radius 3 is 3.00 bits per heavy atom. The highest BCUT2D eigenvalue weighted by molar-refractivity contribution is 5.77. The van der Waals surface area contributed by atoms with E-state index in [1.807, 2.05) is 14.0 Å². The summed E-state index contributed by atoms with van der Waals surface area (Å²) in [5.74, 6) is 1.06. The molecule has 102 valence electrons. The normalized spacial score (nSPS) is 21.1. The molecular formula is C15H22N4. The number of imidazole rings is 1. The minimum atomic E-state index is 0.370. The highest BCUT2D eigenvalue weighted by Gasteiger charge is 2.24. The Bertz CT molecular complexity index is 581. The van der Waals surface area contributed by atoms with Crippen molar-refractivity contribution in [3.63, 3.8) is 0 Å². The lowest BCUT2D eigenvalue weighted by Gasteiger charge is -2.23. The van der Waals surface area contributed by atoms with Crippen LogP contribution in [0.3, 0.4) is 0 Å². The molecule has 0 radical (unpaired) electrons. The Labute approximate surface area is 114 Å². The van der Waals surface area contributed by atoms with Crippen molar-refractivity contribution in [2.24, 2.45) is 7.05 Å². The molecule has 4 nitrogen and oxygen atoms in total. The maximum absolute atomic E-state index is 4.63. The summed E-state index contributed by atoms with van der Waals surface area (Å²) < 4.78 is 2.14. The van der Waals surface area contributed by atoms with Gasteiger partial charge in [-0.1, -0.05) is 6.07 Å². The van der Waals surface area contributed by atoms with E-state index in [9.17, 15) is 0 Å². The van der Waals surface area contributed by atoms with Crippen LogP contribution in [0.5, 0.6) is 0 Å². The number of hydrogen-bond donors (Lipinski definition) is 2. The van der Waals surface area contributed by atoms with Crippen molar-refractivity contribution in [1.29, 1.82) is 0 Å². The van der Waals surface area contributed by atoms with Gasteiger partial charge in [0.1, 0.15) is 5.82 Å². The fourth-order valence-electron chi connectivity index (χ4n) is 3.13. The van der Waals surface area contributed by atoms with E-state index in [4.69, 9.17) is 0 Å². The average Bonchev–Trinajstić information content (AvgIpc) is 3.01. The number of rotatable bonds is 3. The Morgan fingerprint density at radius 2 is 2.32 bits per heavy atom. The molecule has 1 aromatic carbocycles. The molecule has 2 unspecified atom stereocenters.